The lowest BCUT2D eigenvalue weighted by Crippen LogP contribution is -2.02. The SMILES string of the molecule is NCCc1ccc(-c2cc3ccccc3o2)cc1. The van der Waals surface area contributed by atoms with E-state index in [0.717, 1.165) is 28.7 Å². The molecule has 18 heavy (non-hydrogen) atoms. The Kier molecular flexibility index (Phi) is 2.87. The molecule has 0 aliphatic heterocycles. The monoisotopic (exact) mass is 237 g/mol. The van der Waals surface area contributed by atoms with Crippen molar-refractivity contribution in [1.29, 1.82) is 0 Å². The summed E-state index contributed by atoms with van der Waals surface area (Å²) in [6, 6.07) is 18.5. The lowest BCUT2D eigenvalue weighted by molar-refractivity contribution is 0.631. The highest BCUT2D eigenvalue weighted by molar-refractivity contribution is 5.82. The summed E-state index contributed by atoms with van der Waals surface area (Å²) in [6.45, 7) is 0.685. The van der Waals surface area contributed by atoms with Gasteiger partial charge in [-0.15, -0.1) is 0 Å². The van der Waals surface area contributed by atoms with Crippen LogP contribution in [0.3, 0.4) is 0 Å². The van der Waals surface area contributed by atoms with Crippen LogP contribution in [0.15, 0.2) is 59.0 Å². The van der Waals surface area contributed by atoms with Crippen molar-refractivity contribution in [1.82, 2.24) is 0 Å². The first-order valence-electron chi connectivity index (χ1n) is 6.15. The minimum atomic E-state index is 0.685. The normalized spacial score (nSPS) is 10.9. The zero-order valence-corrected chi connectivity index (χ0v) is 10.1. The van der Waals surface area contributed by atoms with Crippen LogP contribution in [0.25, 0.3) is 22.3 Å². The first kappa shape index (κ1) is 11.1. The van der Waals surface area contributed by atoms with Crippen molar-refractivity contribution in [3.63, 3.8) is 0 Å². The first-order valence-corrected chi connectivity index (χ1v) is 6.15. The van der Waals surface area contributed by atoms with Crippen LogP contribution >= 0.6 is 0 Å². The fourth-order valence-electron chi connectivity index (χ4n) is 2.13. The molecule has 0 atom stereocenters. The average molecular weight is 237 g/mol. The molecule has 0 saturated heterocycles. The Morgan fingerprint density at radius 3 is 2.44 bits per heavy atom. The largest absolute Gasteiger partial charge is 0.456 e. The van der Waals surface area contributed by atoms with Gasteiger partial charge in [0.25, 0.3) is 0 Å². The first-order chi connectivity index (χ1) is 8.86. The Morgan fingerprint density at radius 2 is 1.72 bits per heavy atom. The van der Waals surface area contributed by atoms with E-state index in [9.17, 15) is 0 Å². The van der Waals surface area contributed by atoms with E-state index in [1.807, 2.05) is 18.2 Å². The van der Waals surface area contributed by atoms with E-state index in [0.29, 0.717) is 6.54 Å². The molecular weight excluding hydrogens is 222 g/mol. The molecular formula is C16H15NO. The van der Waals surface area contributed by atoms with Crippen LogP contribution in [-0.4, -0.2) is 6.54 Å². The van der Waals surface area contributed by atoms with E-state index < -0.39 is 0 Å². The molecule has 0 spiro atoms. The molecule has 0 bridgehead atoms. The number of furan rings is 1. The zero-order valence-electron chi connectivity index (χ0n) is 10.1. The third-order valence-electron chi connectivity index (χ3n) is 3.10. The Labute approximate surface area is 106 Å². The van der Waals surface area contributed by atoms with Crippen molar-refractivity contribution in [3.05, 3.63) is 60.2 Å². The van der Waals surface area contributed by atoms with Gasteiger partial charge in [0, 0.05) is 10.9 Å². The van der Waals surface area contributed by atoms with Crippen LogP contribution in [0.2, 0.25) is 0 Å². The summed E-state index contributed by atoms with van der Waals surface area (Å²) in [4.78, 5) is 0. The fraction of sp³-hybridized carbons (Fsp3) is 0.125. The summed E-state index contributed by atoms with van der Waals surface area (Å²) in [5.74, 6) is 0.912. The van der Waals surface area contributed by atoms with Crippen LogP contribution in [0.4, 0.5) is 0 Å². The van der Waals surface area contributed by atoms with E-state index in [4.69, 9.17) is 10.2 Å². The van der Waals surface area contributed by atoms with Gasteiger partial charge in [0.15, 0.2) is 0 Å². The van der Waals surface area contributed by atoms with Gasteiger partial charge < -0.3 is 10.2 Å². The van der Waals surface area contributed by atoms with Crippen molar-refractivity contribution >= 4 is 11.0 Å². The highest BCUT2D eigenvalue weighted by Crippen LogP contribution is 2.27. The molecule has 0 saturated carbocycles. The van der Waals surface area contributed by atoms with Crippen LogP contribution in [-0.2, 0) is 6.42 Å². The van der Waals surface area contributed by atoms with Gasteiger partial charge in [0.1, 0.15) is 11.3 Å². The molecule has 0 unspecified atom stereocenters. The summed E-state index contributed by atoms with van der Waals surface area (Å²) in [5.41, 5.74) is 8.84. The van der Waals surface area contributed by atoms with E-state index in [2.05, 4.69) is 36.4 Å². The minimum absolute atomic E-state index is 0.685. The lowest BCUT2D eigenvalue weighted by Gasteiger charge is -2.00. The van der Waals surface area contributed by atoms with E-state index in [1.54, 1.807) is 0 Å². The number of rotatable bonds is 3. The molecule has 2 heteroatoms. The van der Waals surface area contributed by atoms with Gasteiger partial charge in [-0.05, 0) is 30.7 Å². The third kappa shape index (κ3) is 2.03. The molecule has 3 rings (SSSR count). The smallest absolute Gasteiger partial charge is 0.135 e. The van der Waals surface area contributed by atoms with E-state index >= 15 is 0 Å². The molecule has 1 heterocycles. The fourth-order valence-corrected chi connectivity index (χ4v) is 2.13. The van der Waals surface area contributed by atoms with Gasteiger partial charge in [-0.3, -0.25) is 0 Å². The second-order valence-electron chi connectivity index (χ2n) is 4.38. The Morgan fingerprint density at radius 1 is 0.944 bits per heavy atom. The number of hydrogen-bond acceptors (Lipinski definition) is 2. The number of para-hydroxylation sites is 1. The summed E-state index contributed by atoms with van der Waals surface area (Å²) in [7, 11) is 0. The molecule has 90 valence electrons. The van der Waals surface area contributed by atoms with Crippen LogP contribution in [0, 0.1) is 0 Å². The van der Waals surface area contributed by atoms with Crippen molar-refractivity contribution in [3.8, 4) is 11.3 Å². The molecule has 2 aromatic carbocycles. The highest BCUT2D eigenvalue weighted by atomic mass is 16.3. The summed E-state index contributed by atoms with van der Waals surface area (Å²) in [5, 5.41) is 1.14. The summed E-state index contributed by atoms with van der Waals surface area (Å²) >= 11 is 0. The van der Waals surface area contributed by atoms with E-state index in [1.165, 1.54) is 5.56 Å². The van der Waals surface area contributed by atoms with Crippen molar-refractivity contribution in [2.75, 3.05) is 6.54 Å². The second kappa shape index (κ2) is 4.67. The molecule has 0 radical (unpaired) electrons. The molecule has 1 aromatic heterocycles. The van der Waals surface area contributed by atoms with Crippen molar-refractivity contribution in [2.24, 2.45) is 5.73 Å². The molecule has 2 N–H and O–H groups in total. The Hall–Kier alpha value is -2.06. The van der Waals surface area contributed by atoms with Gasteiger partial charge >= 0.3 is 0 Å². The Balaban J connectivity index is 1.98. The molecule has 2 nitrogen and oxygen atoms in total. The number of benzene rings is 2. The number of fused-ring (bicyclic) bond motifs is 1. The third-order valence-corrected chi connectivity index (χ3v) is 3.10. The lowest BCUT2D eigenvalue weighted by atomic mass is 10.1. The highest BCUT2D eigenvalue weighted by Gasteiger charge is 2.05. The topological polar surface area (TPSA) is 39.2 Å². The number of hydrogen-bond donors (Lipinski definition) is 1. The van der Waals surface area contributed by atoms with Crippen molar-refractivity contribution in [2.45, 2.75) is 6.42 Å². The van der Waals surface area contributed by atoms with Gasteiger partial charge in [0.2, 0.25) is 0 Å². The maximum Gasteiger partial charge on any atom is 0.135 e. The predicted molar refractivity (Wildman–Crippen MR) is 74.4 cm³/mol. The molecule has 0 aliphatic carbocycles. The quantitative estimate of drug-likeness (QED) is 0.756. The molecule has 3 aromatic rings. The minimum Gasteiger partial charge on any atom is -0.456 e. The predicted octanol–water partition coefficient (Wildman–Crippen LogP) is 3.60. The van der Waals surface area contributed by atoms with Crippen LogP contribution in [0.1, 0.15) is 5.56 Å². The number of nitrogens with two attached hydrogens (primary N) is 1. The standard InChI is InChI=1S/C16H15NO/c17-10-9-12-5-7-13(8-6-12)16-11-14-3-1-2-4-15(14)18-16/h1-8,11H,9-10,17H2. The van der Waals surface area contributed by atoms with Gasteiger partial charge in [0.05, 0.1) is 0 Å². The van der Waals surface area contributed by atoms with E-state index in [-0.39, 0.29) is 0 Å². The maximum atomic E-state index is 5.83. The zero-order chi connectivity index (χ0) is 12.4. The van der Waals surface area contributed by atoms with Crippen molar-refractivity contribution < 1.29 is 4.42 Å². The Bertz CT molecular complexity index is 619. The summed E-state index contributed by atoms with van der Waals surface area (Å²) in [6.07, 6.45) is 0.917. The maximum absolute atomic E-state index is 5.83. The van der Waals surface area contributed by atoms with Gasteiger partial charge in [-0.25, -0.2) is 0 Å². The molecule has 0 aliphatic rings. The summed E-state index contributed by atoms with van der Waals surface area (Å²) < 4.78 is 5.83. The second-order valence-corrected chi connectivity index (χ2v) is 4.38. The molecule has 0 amide bonds. The average Bonchev–Trinajstić information content (AvgIpc) is 2.84. The van der Waals surface area contributed by atoms with Gasteiger partial charge in [-0.1, -0.05) is 42.5 Å². The van der Waals surface area contributed by atoms with Gasteiger partial charge in [-0.2, -0.15) is 0 Å². The molecule has 0 fully saturated rings. The van der Waals surface area contributed by atoms with Crippen LogP contribution in [0.5, 0.6) is 0 Å². The van der Waals surface area contributed by atoms with Crippen LogP contribution < -0.4 is 5.73 Å².